The molecular formula is C18H21N3O4S. The van der Waals surface area contributed by atoms with Gasteiger partial charge >= 0.3 is 6.03 Å². The van der Waals surface area contributed by atoms with Crippen LogP contribution in [0.3, 0.4) is 0 Å². The number of amides is 2. The molecule has 0 saturated heterocycles. The van der Waals surface area contributed by atoms with Gasteiger partial charge in [-0.1, -0.05) is 12.1 Å². The number of fused-ring (bicyclic) bond motifs is 1. The van der Waals surface area contributed by atoms with Crippen LogP contribution in [0.4, 0.5) is 16.2 Å². The Bertz CT molecular complexity index is 928. The summed E-state index contributed by atoms with van der Waals surface area (Å²) in [6.45, 7) is 0.801. The van der Waals surface area contributed by atoms with Crippen LogP contribution in [0.25, 0.3) is 0 Å². The maximum atomic E-state index is 12.1. The summed E-state index contributed by atoms with van der Waals surface area (Å²) in [5.41, 5.74) is 3.13. The number of methoxy groups -OCH3 is 1. The number of anilines is 2. The van der Waals surface area contributed by atoms with Gasteiger partial charge in [0.25, 0.3) is 0 Å². The topological polar surface area (TPSA) is 87.7 Å². The number of carbonyl (C=O) groups is 1. The largest absolute Gasteiger partial charge is 0.497 e. The van der Waals surface area contributed by atoms with Crippen LogP contribution in [0.2, 0.25) is 0 Å². The third kappa shape index (κ3) is 4.08. The number of benzene rings is 2. The number of ether oxygens (including phenoxy) is 1. The molecule has 0 saturated carbocycles. The summed E-state index contributed by atoms with van der Waals surface area (Å²) in [5.74, 6) is 0.735. The fourth-order valence-electron chi connectivity index (χ4n) is 2.93. The number of nitrogens with zero attached hydrogens (tertiary/aromatic N) is 1. The molecular weight excluding hydrogens is 354 g/mol. The lowest BCUT2D eigenvalue weighted by atomic mass is 10.1. The molecule has 3 rings (SSSR count). The SMILES string of the molecule is COc1cccc(CNC(=O)Nc2ccc3c(c2)CCN3S(C)(=O)=O)c1. The molecule has 2 N–H and O–H groups in total. The second kappa shape index (κ2) is 7.25. The van der Waals surface area contributed by atoms with Crippen molar-refractivity contribution in [2.45, 2.75) is 13.0 Å². The number of hydrogen-bond acceptors (Lipinski definition) is 4. The first-order chi connectivity index (χ1) is 12.4. The van der Waals surface area contributed by atoms with E-state index in [-0.39, 0.29) is 6.03 Å². The molecule has 1 aliphatic heterocycles. The summed E-state index contributed by atoms with van der Waals surface area (Å²) in [6, 6.07) is 12.4. The lowest BCUT2D eigenvalue weighted by Gasteiger charge is -2.16. The first kappa shape index (κ1) is 18.1. The van der Waals surface area contributed by atoms with Crippen molar-refractivity contribution in [3.05, 3.63) is 53.6 Å². The van der Waals surface area contributed by atoms with E-state index in [2.05, 4.69) is 10.6 Å². The van der Waals surface area contributed by atoms with Crippen molar-refractivity contribution in [2.75, 3.05) is 29.5 Å². The lowest BCUT2D eigenvalue weighted by Crippen LogP contribution is -2.28. The van der Waals surface area contributed by atoms with Crippen LogP contribution in [0.1, 0.15) is 11.1 Å². The molecule has 2 amide bonds. The average Bonchev–Trinajstić information content (AvgIpc) is 3.03. The molecule has 0 spiro atoms. The van der Waals surface area contributed by atoms with Crippen molar-refractivity contribution in [3.63, 3.8) is 0 Å². The van der Waals surface area contributed by atoms with Gasteiger partial charge in [0.05, 0.1) is 19.1 Å². The molecule has 26 heavy (non-hydrogen) atoms. The first-order valence-corrected chi connectivity index (χ1v) is 10.00. The Morgan fingerprint density at radius 2 is 2.04 bits per heavy atom. The summed E-state index contributed by atoms with van der Waals surface area (Å²) in [4.78, 5) is 12.1. The zero-order valence-corrected chi connectivity index (χ0v) is 15.5. The van der Waals surface area contributed by atoms with Crippen LogP contribution in [0.5, 0.6) is 5.75 Å². The van der Waals surface area contributed by atoms with E-state index in [0.29, 0.717) is 30.9 Å². The van der Waals surface area contributed by atoms with E-state index >= 15 is 0 Å². The number of rotatable bonds is 5. The second-order valence-corrected chi connectivity index (χ2v) is 7.99. The van der Waals surface area contributed by atoms with Gasteiger partial charge in [0.15, 0.2) is 0 Å². The Kier molecular flexibility index (Phi) is 5.03. The van der Waals surface area contributed by atoms with Gasteiger partial charge in [0, 0.05) is 18.8 Å². The van der Waals surface area contributed by atoms with E-state index in [0.717, 1.165) is 16.9 Å². The van der Waals surface area contributed by atoms with Crippen LogP contribution >= 0.6 is 0 Å². The Hall–Kier alpha value is -2.74. The molecule has 0 aromatic heterocycles. The van der Waals surface area contributed by atoms with Crippen LogP contribution in [-0.4, -0.2) is 34.4 Å². The molecule has 1 aliphatic rings. The van der Waals surface area contributed by atoms with Gasteiger partial charge in [-0.25, -0.2) is 13.2 Å². The molecule has 2 aromatic carbocycles. The van der Waals surface area contributed by atoms with Gasteiger partial charge in [-0.15, -0.1) is 0 Å². The Morgan fingerprint density at radius 3 is 2.77 bits per heavy atom. The number of hydrogen-bond donors (Lipinski definition) is 2. The summed E-state index contributed by atoms with van der Waals surface area (Å²) in [7, 11) is -1.68. The monoisotopic (exact) mass is 375 g/mol. The van der Waals surface area contributed by atoms with E-state index in [1.807, 2.05) is 30.3 Å². The Labute approximate surface area is 153 Å². The predicted octanol–water partition coefficient (Wildman–Crippen LogP) is 2.34. The number of urea groups is 1. The second-order valence-electron chi connectivity index (χ2n) is 6.09. The van der Waals surface area contributed by atoms with E-state index in [4.69, 9.17) is 4.74 Å². The van der Waals surface area contributed by atoms with Crippen molar-refractivity contribution >= 4 is 27.4 Å². The van der Waals surface area contributed by atoms with E-state index < -0.39 is 10.0 Å². The third-order valence-electron chi connectivity index (χ3n) is 4.18. The summed E-state index contributed by atoms with van der Waals surface area (Å²) in [6.07, 6.45) is 1.82. The number of carbonyl (C=O) groups excluding carboxylic acids is 1. The highest BCUT2D eigenvalue weighted by molar-refractivity contribution is 7.92. The molecule has 0 radical (unpaired) electrons. The highest BCUT2D eigenvalue weighted by Gasteiger charge is 2.26. The molecule has 7 nitrogen and oxygen atoms in total. The normalized spacial score (nSPS) is 13.2. The summed E-state index contributed by atoms with van der Waals surface area (Å²) >= 11 is 0. The predicted molar refractivity (Wildman–Crippen MR) is 101 cm³/mol. The smallest absolute Gasteiger partial charge is 0.319 e. The minimum Gasteiger partial charge on any atom is -0.497 e. The van der Waals surface area contributed by atoms with Crippen molar-refractivity contribution in [3.8, 4) is 5.75 Å². The fraction of sp³-hybridized carbons (Fsp3) is 0.278. The van der Waals surface area contributed by atoms with Crippen molar-refractivity contribution in [2.24, 2.45) is 0 Å². The summed E-state index contributed by atoms with van der Waals surface area (Å²) in [5, 5.41) is 5.56. The minimum atomic E-state index is -3.27. The van der Waals surface area contributed by atoms with E-state index in [1.165, 1.54) is 10.6 Å². The molecule has 0 aliphatic carbocycles. The van der Waals surface area contributed by atoms with Crippen molar-refractivity contribution in [1.82, 2.24) is 5.32 Å². The van der Waals surface area contributed by atoms with Gasteiger partial charge < -0.3 is 15.4 Å². The highest BCUT2D eigenvalue weighted by Crippen LogP contribution is 2.32. The molecule has 0 atom stereocenters. The third-order valence-corrected chi connectivity index (χ3v) is 5.36. The van der Waals surface area contributed by atoms with Crippen molar-refractivity contribution < 1.29 is 17.9 Å². The van der Waals surface area contributed by atoms with Gasteiger partial charge in [0.2, 0.25) is 10.0 Å². The summed E-state index contributed by atoms with van der Waals surface area (Å²) < 4.78 is 30.1. The van der Waals surface area contributed by atoms with Crippen LogP contribution in [-0.2, 0) is 23.0 Å². The molecule has 138 valence electrons. The van der Waals surface area contributed by atoms with Gasteiger partial charge in [-0.3, -0.25) is 4.31 Å². The Morgan fingerprint density at radius 1 is 1.23 bits per heavy atom. The van der Waals surface area contributed by atoms with Gasteiger partial charge in [0.1, 0.15) is 5.75 Å². The van der Waals surface area contributed by atoms with Gasteiger partial charge in [-0.05, 0) is 47.9 Å². The molecule has 0 bridgehead atoms. The highest BCUT2D eigenvalue weighted by atomic mass is 32.2. The number of sulfonamides is 1. The fourth-order valence-corrected chi connectivity index (χ4v) is 3.89. The zero-order chi connectivity index (χ0) is 18.7. The van der Waals surface area contributed by atoms with Crippen LogP contribution in [0, 0.1) is 0 Å². The standard InChI is InChI=1S/C18H21N3O4S/c1-25-16-5-3-4-13(10-16)12-19-18(22)20-15-6-7-17-14(11-15)8-9-21(17)26(2,23)24/h3-7,10-11H,8-9,12H2,1-2H3,(H2,19,20,22). The zero-order valence-electron chi connectivity index (χ0n) is 14.7. The minimum absolute atomic E-state index is 0.328. The molecule has 0 fully saturated rings. The maximum Gasteiger partial charge on any atom is 0.319 e. The van der Waals surface area contributed by atoms with E-state index in [1.54, 1.807) is 19.2 Å². The lowest BCUT2D eigenvalue weighted by molar-refractivity contribution is 0.251. The van der Waals surface area contributed by atoms with E-state index in [9.17, 15) is 13.2 Å². The molecule has 1 heterocycles. The van der Waals surface area contributed by atoms with Crippen molar-refractivity contribution in [1.29, 1.82) is 0 Å². The molecule has 0 unspecified atom stereocenters. The van der Waals surface area contributed by atoms with Crippen LogP contribution < -0.4 is 19.7 Å². The molecule has 2 aromatic rings. The van der Waals surface area contributed by atoms with Gasteiger partial charge in [-0.2, -0.15) is 0 Å². The Balaban J connectivity index is 1.62. The van der Waals surface area contributed by atoms with Crippen LogP contribution in [0.15, 0.2) is 42.5 Å². The molecule has 8 heteroatoms. The number of nitrogens with one attached hydrogen (secondary N) is 2. The maximum absolute atomic E-state index is 12.1. The quantitative estimate of drug-likeness (QED) is 0.840. The average molecular weight is 375 g/mol. The first-order valence-electron chi connectivity index (χ1n) is 8.15.